The molecule has 0 aliphatic rings. The third-order valence-electron chi connectivity index (χ3n) is 4.70. The molecular weight excluding hydrogens is 499 g/mol. The molecule has 0 bridgehead atoms. The molecule has 2 N–H and O–H groups in total. The van der Waals surface area contributed by atoms with Gasteiger partial charge in [-0.15, -0.1) is 0 Å². The number of nitrogens with one attached hydrogen (secondary N) is 2. The Balaban J connectivity index is 2.00. The third-order valence-corrected chi connectivity index (χ3v) is 5.02. The Morgan fingerprint density at radius 1 is 1.00 bits per heavy atom. The van der Waals surface area contributed by atoms with Crippen LogP contribution < -0.4 is 15.4 Å². The van der Waals surface area contributed by atoms with E-state index in [2.05, 4.69) is 10.6 Å². The fourth-order valence-electron chi connectivity index (χ4n) is 3.00. The lowest BCUT2D eigenvalue weighted by Gasteiger charge is -2.14. The summed E-state index contributed by atoms with van der Waals surface area (Å²) in [5, 5.41) is 26.8. The number of halogens is 2. The second-order valence-corrected chi connectivity index (χ2v) is 7.49. The van der Waals surface area contributed by atoms with E-state index >= 15 is 0 Å². The Kier molecular flexibility index (Phi) is 7.92. The van der Waals surface area contributed by atoms with Gasteiger partial charge < -0.3 is 15.4 Å². The molecule has 36 heavy (non-hydrogen) atoms. The predicted octanol–water partition coefficient (Wildman–Crippen LogP) is 4.71. The fraction of sp³-hybridized carbons (Fsp3) is 0.0435. The number of rotatable bonds is 8. The highest BCUT2D eigenvalue weighted by molar-refractivity contribution is 6.34. The summed E-state index contributed by atoms with van der Waals surface area (Å²) in [6.07, 6.45) is 1.18. The normalized spacial score (nSPS) is 10.9. The van der Waals surface area contributed by atoms with Crippen LogP contribution >= 0.6 is 11.6 Å². The quantitative estimate of drug-likeness (QED) is 0.250. The van der Waals surface area contributed by atoms with Gasteiger partial charge >= 0.3 is 0 Å². The molecule has 0 heterocycles. The molecule has 11 nitrogen and oxygen atoms in total. The van der Waals surface area contributed by atoms with Crippen LogP contribution in [0.2, 0.25) is 5.02 Å². The van der Waals surface area contributed by atoms with Crippen LogP contribution in [0.5, 0.6) is 5.75 Å². The van der Waals surface area contributed by atoms with Gasteiger partial charge in [-0.25, -0.2) is 4.39 Å². The van der Waals surface area contributed by atoms with Crippen LogP contribution in [0.15, 0.2) is 66.4 Å². The summed E-state index contributed by atoms with van der Waals surface area (Å²) in [6.45, 7) is 0. The van der Waals surface area contributed by atoms with E-state index in [0.29, 0.717) is 0 Å². The number of nitrogens with zero attached hydrogens (tertiary/aromatic N) is 2. The smallest absolute Gasteiger partial charge is 0.273 e. The van der Waals surface area contributed by atoms with Crippen molar-refractivity contribution in [2.24, 2.45) is 0 Å². The molecule has 0 aliphatic carbocycles. The number of methoxy groups -OCH3 is 1. The maximum atomic E-state index is 13.4. The molecule has 0 aliphatic heterocycles. The molecule has 0 unspecified atom stereocenters. The van der Waals surface area contributed by atoms with Gasteiger partial charge in [-0.3, -0.25) is 29.8 Å². The number of anilines is 1. The summed E-state index contributed by atoms with van der Waals surface area (Å²) >= 11 is 5.95. The first-order valence-corrected chi connectivity index (χ1v) is 10.3. The van der Waals surface area contributed by atoms with Crippen LogP contribution in [0.1, 0.15) is 15.9 Å². The van der Waals surface area contributed by atoms with Crippen molar-refractivity contribution < 1.29 is 28.6 Å². The van der Waals surface area contributed by atoms with Gasteiger partial charge in [0.05, 0.1) is 39.3 Å². The van der Waals surface area contributed by atoms with Crippen LogP contribution in [-0.4, -0.2) is 28.8 Å². The predicted molar refractivity (Wildman–Crippen MR) is 128 cm³/mol. The summed E-state index contributed by atoms with van der Waals surface area (Å²) < 4.78 is 18.5. The summed E-state index contributed by atoms with van der Waals surface area (Å²) in [5.41, 5.74) is -0.780. The van der Waals surface area contributed by atoms with Crippen LogP contribution in [0.4, 0.5) is 21.5 Å². The van der Waals surface area contributed by atoms with Gasteiger partial charge in [0.25, 0.3) is 23.2 Å². The van der Waals surface area contributed by atoms with E-state index in [9.17, 15) is 34.2 Å². The number of hydrogen-bond donors (Lipinski definition) is 2. The summed E-state index contributed by atoms with van der Waals surface area (Å²) in [5.74, 6) is -2.45. The third kappa shape index (κ3) is 6.18. The molecular formula is C23H16ClFN4O7. The van der Waals surface area contributed by atoms with Crippen molar-refractivity contribution in [3.63, 3.8) is 0 Å². The summed E-state index contributed by atoms with van der Waals surface area (Å²) in [4.78, 5) is 46.8. The van der Waals surface area contributed by atoms with Gasteiger partial charge in [-0.05, 0) is 35.9 Å². The Bertz CT molecular complexity index is 1410. The zero-order chi connectivity index (χ0) is 26.4. The average molecular weight is 515 g/mol. The van der Waals surface area contributed by atoms with Crippen molar-refractivity contribution in [2.75, 3.05) is 12.4 Å². The van der Waals surface area contributed by atoms with Crippen molar-refractivity contribution in [1.29, 1.82) is 0 Å². The monoisotopic (exact) mass is 514 g/mol. The molecule has 0 saturated carbocycles. The lowest BCUT2D eigenvalue weighted by Crippen LogP contribution is -2.31. The van der Waals surface area contributed by atoms with E-state index in [0.717, 1.165) is 30.3 Å². The number of hydrogen-bond acceptors (Lipinski definition) is 7. The number of carbonyl (C=O) groups is 2. The molecule has 0 radical (unpaired) electrons. The molecule has 13 heteroatoms. The van der Waals surface area contributed by atoms with E-state index in [1.807, 2.05) is 0 Å². The Hall–Kier alpha value is -4.84. The zero-order valence-electron chi connectivity index (χ0n) is 18.4. The summed E-state index contributed by atoms with van der Waals surface area (Å²) in [7, 11) is 1.24. The van der Waals surface area contributed by atoms with Crippen molar-refractivity contribution >= 4 is 46.6 Å². The number of ether oxygens (including phenoxy) is 1. The molecule has 3 aromatic carbocycles. The van der Waals surface area contributed by atoms with Gasteiger partial charge in [0, 0.05) is 18.2 Å². The zero-order valence-corrected chi connectivity index (χ0v) is 19.1. The maximum Gasteiger partial charge on any atom is 0.273 e. The van der Waals surface area contributed by atoms with E-state index in [-0.39, 0.29) is 44.7 Å². The molecule has 3 aromatic rings. The number of benzene rings is 3. The van der Waals surface area contributed by atoms with E-state index in [4.69, 9.17) is 16.3 Å². The minimum atomic E-state index is -0.889. The van der Waals surface area contributed by atoms with Crippen molar-refractivity contribution in [3.05, 3.63) is 109 Å². The standard InChI is InChI=1S/C23H16ClFN4O7/c1-36-21-12-16(29(34)35)6-8-19(21)26-23(31)20(10-13-3-2-4-15(9-13)28(32)33)27-22(30)17-7-5-14(25)11-18(17)24/h2-12H,1H3,(H,26,31)(H,27,30)/b20-10-. The second-order valence-electron chi connectivity index (χ2n) is 7.08. The lowest BCUT2D eigenvalue weighted by atomic mass is 10.1. The first-order valence-electron chi connectivity index (χ1n) is 9.95. The number of nitro groups is 2. The Morgan fingerprint density at radius 2 is 1.69 bits per heavy atom. The topological polar surface area (TPSA) is 154 Å². The Morgan fingerprint density at radius 3 is 2.33 bits per heavy atom. The average Bonchev–Trinajstić information content (AvgIpc) is 2.83. The molecule has 2 amide bonds. The number of carbonyl (C=O) groups excluding carboxylic acids is 2. The van der Waals surface area contributed by atoms with Gasteiger partial charge in [-0.1, -0.05) is 23.7 Å². The molecule has 0 saturated heterocycles. The van der Waals surface area contributed by atoms with Crippen LogP contribution in [0.25, 0.3) is 6.08 Å². The first-order chi connectivity index (χ1) is 17.1. The highest BCUT2D eigenvalue weighted by Gasteiger charge is 2.20. The molecule has 0 fully saturated rings. The SMILES string of the molecule is COc1cc([N+](=O)[O-])ccc1NC(=O)/C(=C/c1cccc([N+](=O)[O-])c1)NC(=O)c1ccc(F)cc1Cl. The molecule has 0 spiro atoms. The molecule has 0 aromatic heterocycles. The van der Waals surface area contributed by atoms with E-state index < -0.39 is 27.5 Å². The Labute approximate surface area is 207 Å². The molecule has 184 valence electrons. The first kappa shape index (κ1) is 25.8. The van der Waals surface area contributed by atoms with Crippen LogP contribution in [0.3, 0.4) is 0 Å². The number of non-ortho nitro benzene ring substituents is 2. The minimum absolute atomic E-state index is 0.0276. The maximum absolute atomic E-state index is 13.4. The van der Waals surface area contributed by atoms with Gasteiger partial charge in [0.2, 0.25) is 0 Å². The van der Waals surface area contributed by atoms with Crippen molar-refractivity contribution in [2.45, 2.75) is 0 Å². The fourth-order valence-corrected chi connectivity index (χ4v) is 3.26. The molecule has 0 atom stereocenters. The lowest BCUT2D eigenvalue weighted by molar-refractivity contribution is -0.385. The second kappa shape index (κ2) is 11.1. The van der Waals surface area contributed by atoms with Crippen molar-refractivity contribution in [1.82, 2.24) is 5.32 Å². The van der Waals surface area contributed by atoms with Gasteiger partial charge in [-0.2, -0.15) is 0 Å². The highest BCUT2D eigenvalue weighted by atomic mass is 35.5. The number of amides is 2. The van der Waals surface area contributed by atoms with Crippen molar-refractivity contribution in [3.8, 4) is 5.75 Å². The minimum Gasteiger partial charge on any atom is -0.494 e. The van der Waals surface area contributed by atoms with E-state index in [1.54, 1.807) is 0 Å². The largest absolute Gasteiger partial charge is 0.494 e. The van der Waals surface area contributed by atoms with Crippen LogP contribution in [0, 0.1) is 26.0 Å². The highest BCUT2D eigenvalue weighted by Crippen LogP contribution is 2.29. The van der Waals surface area contributed by atoms with Gasteiger partial charge in [0.1, 0.15) is 17.3 Å². The van der Waals surface area contributed by atoms with Crippen LogP contribution in [-0.2, 0) is 4.79 Å². The van der Waals surface area contributed by atoms with E-state index in [1.165, 1.54) is 43.5 Å². The molecule has 3 rings (SSSR count). The number of nitro benzene ring substituents is 2. The van der Waals surface area contributed by atoms with Gasteiger partial charge in [0.15, 0.2) is 0 Å². The summed E-state index contributed by atoms with van der Waals surface area (Å²) in [6, 6.07) is 11.8.